The molecule has 6 nitrogen and oxygen atoms in total. The molecule has 0 saturated carbocycles. The molecule has 0 N–H and O–H groups in total. The number of fused-ring (bicyclic) bond motifs is 8. The third kappa shape index (κ3) is 6.93. The van der Waals surface area contributed by atoms with Gasteiger partial charge in [0.05, 0.1) is 11.4 Å². The van der Waals surface area contributed by atoms with Gasteiger partial charge in [-0.05, 0) is 165 Å². The quantitative estimate of drug-likeness (QED) is 0.106. The molecule has 0 aliphatic heterocycles. The predicted molar refractivity (Wildman–Crippen MR) is 298 cm³/mol. The molecule has 9 aromatic carbocycles. The van der Waals surface area contributed by atoms with Gasteiger partial charge in [0.15, 0.2) is 0 Å². The van der Waals surface area contributed by atoms with Crippen LogP contribution in [-0.2, 0) is 0 Å². The minimum Gasteiger partial charge on any atom is -0.455 e. The fourth-order valence-electron chi connectivity index (χ4n) is 10.8. The lowest BCUT2D eigenvalue weighted by molar-refractivity contribution is 0.672. The first-order valence-electron chi connectivity index (χ1n) is 24.1. The second-order valence-corrected chi connectivity index (χ2v) is 19.1. The number of aryl methyl sites for hydroxylation is 3. The fourth-order valence-corrected chi connectivity index (χ4v) is 10.8. The molecule has 0 aliphatic rings. The Morgan fingerprint density at radius 1 is 0.451 bits per heavy atom. The van der Waals surface area contributed by atoms with Crippen LogP contribution < -0.4 is 9.80 Å². The monoisotopic (exact) mass is 916 g/mol. The van der Waals surface area contributed by atoms with E-state index >= 15 is 0 Å². The minimum absolute atomic E-state index is 0.795. The first-order chi connectivity index (χ1) is 34.6. The Morgan fingerprint density at radius 3 is 1.51 bits per heavy atom. The second-order valence-electron chi connectivity index (χ2n) is 19.1. The number of rotatable bonds is 9. The molecule has 0 spiro atoms. The number of allylic oxidation sites excluding steroid dienone is 3. The molecule has 0 radical (unpaired) electrons. The average Bonchev–Trinajstić information content (AvgIpc) is 3.93. The van der Waals surface area contributed by atoms with Crippen molar-refractivity contribution in [1.82, 2.24) is 9.97 Å². The maximum atomic E-state index is 7.21. The fraction of sp³-hybridized carbons (Fsp3) is 0.0769. The number of furan rings is 2. The van der Waals surface area contributed by atoms with Crippen LogP contribution in [0, 0.1) is 20.8 Å². The van der Waals surface area contributed by atoms with Crippen molar-refractivity contribution in [3.63, 3.8) is 0 Å². The van der Waals surface area contributed by atoms with E-state index < -0.39 is 0 Å². The molecule has 13 rings (SSSR count). The smallest absolute Gasteiger partial charge is 0.143 e. The predicted octanol–water partition coefficient (Wildman–Crippen LogP) is 18.7. The topological polar surface area (TPSA) is 58.5 Å². The van der Waals surface area contributed by atoms with Crippen LogP contribution in [0.1, 0.15) is 36.4 Å². The van der Waals surface area contributed by atoms with Gasteiger partial charge < -0.3 is 8.83 Å². The van der Waals surface area contributed by atoms with Crippen LogP contribution in [0.4, 0.5) is 34.4 Å². The van der Waals surface area contributed by atoms with E-state index in [4.69, 9.17) is 25.4 Å². The highest BCUT2D eigenvalue weighted by Crippen LogP contribution is 2.51. The Kier molecular flexibility index (Phi) is 9.68. The van der Waals surface area contributed by atoms with Crippen molar-refractivity contribution in [3.05, 3.63) is 223 Å². The summed E-state index contributed by atoms with van der Waals surface area (Å²) in [5.41, 5.74) is 15.7. The van der Waals surface area contributed by atoms with Crippen molar-refractivity contribution in [2.24, 2.45) is 0 Å². The van der Waals surface area contributed by atoms with Crippen LogP contribution in [0.3, 0.4) is 0 Å². The SMILES string of the molecule is C=C(C=C(C)C)c1cc2c3oc4cc(N(c5ccccc5)c5cccc(C)n5)ccc4c3cc3c(-c4cccc(C)c4)cc4c5oc6cc(N(c7ccccc7)c7cccc(C)n7)ccc6c5cc1c4c32. The highest BCUT2D eigenvalue weighted by atomic mass is 16.3. The standard InChI is InChI=1S/C65H48N4O2/c1-38(2)30-40(4)50-34-56-63-53(37-55-49-29-27-47(33-59(49)70-64(55)56)69(45-22-11-8-12-23-45)61-25-15-18-42(6)67-61)51(43-19-13-16-39(3)31-43)35-57-62(63)52(50)36-54-48-28-26-46(32-58(48)71-65(54)57)68(44-20-9-7-10-21-44)60-24-14-17-41(5)66-60/h7-37H,4H2,1-3,5-6H3. The highest BCUT2D eigenvalue weighted by Gasteiger charge is 2.26. The summed E-state index contributed by atoms with van der Waals surface area (Å²) in [7, 11) is 0. The van der Waals surface area contributed by atoms with Gasteiger partial charge in [-0.15, -0.1) is 0 Å². The number of anilines is 6. The maximum Gasteiger partial charge on any atom is 0.143 e. The Labute approximate surface area is 411 Å². The van der Waals surface area contributed by atoms with E-state index in [1.807, 2.05) is 38.1 Å². The molecule has 0 unspecified atom stereocenters. The summed E-state index contributed by atoms with van der Waals surface area (Å²) in [5.74, 6) is 1.68. The molecular weight excluding hydrogens is 869 g/mol. The van der Waals surface area contributed by atoms with E-state index in [0.717, 1.165) is 144 Å². The van der Waals surface area contributed by atoms with Gasteiger partial charge in [-0.1, -0.05) is 96.6 Å². The average molecular weight is 917 g/mol. The van der Waals surface area contributed by atoms with Crippen LogP contribution in [0.5, 0.6) is 0 Å². The molecule has 0 bridgehead atoms. The number of aromatic nitrogens is 2. The summed E-state index contributed by atoms with van der Waals surface area (Å²) < 4.78 is 14.4. The number of nitrogens with zero attached hydrogens (tertiary/aromatic N) is 4. The normalized spacial score (nSPS) is 11.8. The maximum absolute atomic E-state index is 7.21. The van der Waals surface area contributed by atoms with Crippen LogP contribution >= 0.6 is 0 Å². The van der Waals surface area contributed by atoms with E-state index in [0.29, 0.717) is 0 Å². The van der Waals surface area contributed by atoms with E-state index in [9.17, 15) is 0 Å². The molecule has 0 amide bonds. The third-order valence-corrected chi connectivity index (χ3v) is 13.9. The van der Waals surface area contributed by atoms with Gasteiger partial charge in [-0.3, -0.25) is 9.80 Å². The number of benzene rings is 9. The summed E-state index contributed by atoms with van der Waals surface area (Å²) in [6.07, 6.45) is 2.19. The Hall–Kier alpha value is -9.00. The molecule has 13 aromatic rings. The van der Waals surface area contributed by atoms with Crippen molar-refractivity contribution < 1.29 is 8.83 Å². The number of para-hydroxylation sites is 2. The van der Waals surface area contributed by atoms with Gasteiger partial charge in [0, 0.05) is 78.0 Å². The zero-order chi connectivity index (χ0) is 48.1. The highest BCUT2D eigenvalue weighted by molar-refractivity contribution is 6.38. The molecule has 71 heavy (non-hydrogen) atoms. The molecular formula is C65H48N4O2. The lowest BCUT2D eigenvalue weighted by Crippen LogP contribution is -2.11. The van der Waals surface area contributed by atoms with Crippen LogP contribution in [0.15, 0.2) is 209 Å². The minimum atomic E-state index is 0.795. The van der Waals surface area contributed by atoms with Crippen molar-refractivity contribution in [1.29, 1.82) is 0 Å². The van der Waals surface area contributed by atoms with Crippen molar-refractivity contribution in [3.8, 4) is 11.1 Å². The lowest BCUT2D eigenvalue weighted by Gasteiger charge is -2.24. The van der Waals surface area contributed by atoms with Gasteiger partial charge >= 0.3 is 0 Å². The van der Waals surface area contributed by atoms with Crippen LogP contribution in [-0.4, -0.2) is 9.97 Å². The summed E-state index contributed by atoms with van der Waals surface area (Å²) in [5, 5.41) is 10.8. The lowest BCUT2D eigenvalue weighted by atomic mass is 9.84. The molecule has 0 saturated heterocycles. The number of hydrogen-bond acceptors (Lipinski definition) is 6. The Balaban J connectivity index is 1.12. The van der Waals surface area contributed by atoms with Crippen LogP contribution in [0.25, 0.3) is 92.9 Å². The van der Waals surface area contributed by atoms with Gasteiger partial charge in [-0.25, -0.2) is 9.97 Å². The van der Waals surface area contributed by atoms with Gasteiger partial charge in [0.1, 0.15) is 34.0 Å². The largest absolute Gasteiger partial charge is 0.455 e. The summed E-state index contributed by atoms with van der Waals surface area (Å²) in [6, 6.07) is 64.4. The molecule has 0 aliphatic carbocycles. The molecule has 340 valence electrons. The molecule has 4 heterocycles. The molecule has 6 heteroatoms. The van der Waals surface area contributed by atoms with E-state index in [-0.39, 0.29) is 0 Å². The molecule has 0 fully saturated rings. The van der Waals surface area contributed by atoms with Gasteiger partial charge in [0.25, 0.3) is 0 Å². The Bertz CT molecular complexity index is 4220. The zero-order valence-electron chi connectivity index (χ0n) is 40.2. The van der Waals surface area contributed by atoms with Crippen molar-refractivity contribution >= 4 is 116 Å². The van der Waals surface area contributed by atoms with Crippen molar-refractivity contribution in [2.75, 3.05) is 9.80 Å². The summed E-state index contributed by atoms with van der Waals surface area (Å²) in [4.78, 5) is 14.3. The summed E-state index contributed by atoms with van der Waals surface area (Å²) in [6.45, 7) is 15.2. The first-order valence-corrected chi connectivity index (χ1v) is 24.1. The molecule has 0 atom stereocenters. The molecule has 4 aromatic heterocycles. The van der Waals surface area contributed by atoms with Crippen molar-refractivity contribution in [2.45, 2.75) is 34.6 Å². The summed E-state index contributed by atoms with van der Waals surface area (Å²) >= 11 is 0. The third-order valence-electron chi connectivity index (χ3n) is 13.9. The number of pyridine rings is 2. The Morgan fingerprint density at radius 2 is 0.972 bits per heavy atom. The second kappa shape index (κ2) is 16.3. The number of hydrogen-bond donors (Lipinski definition) is 0. The van der Waals surface area contributed by atoms with Crippen LogP contribution in [0.2, 0.25) is 0 Å². The van der Waals surface area contributed by atoms with E-state index in [1.54, 1.807) is 0 Å². The first kappa shape index (κ1) is 42.1. The van der Waals surface area contributed by atoms with E-state index in [2.05, 4.69) is 194 Å². The zero-order valence-corrected chi connectivity index (χ0v) is 40.2. The van der Waals surface area contributed by atoms with Gasteiger partial charge in [0.2, 0.25) is 0 Å². The van der Waals surface area contributed by atoms with Gasteiger partial charge in [-0.2, -0.15) is 0 Å². The van der Waals surface area contributed by atoms with E-state index in [1.165, 1.54) is 11.1 Å².